The largest absolute Gasteiger partial charge is 0.497 e. The predicted molar refractivity (Wildman–Crippen MR) is 78.8 cm³/mol. The van der Waals surface area contributed by atoms with Crippen LogP contribution in [-0.2, 0) is 25.1 Å². The summed E-state index contributed by atoms with van der Waals surface area (Å²) in [5.41, 5.74) is 0.322. The highest BCUT2D eigenvalue weighted by atomic mass is 32.2. The molecule has 0 N–H and O–H groups in total. The first-order chi connectivity index (χ1) is 9.88. The molecule has 0 spiro atoms. The highest BCUT2D eigenvalue weighted by Gasteiger charge is 2.47. The summed E-state index contributed by atoms with van der Waals surface area (Å²) < 4.78 is 34.3. The van der Waals surface area contributed by atoms with Crippen LogP contribution in [0.4, 0.5) is 0 Å². The van der Waals surface area contributed by atoms with Crippen molar-refractivity contribution in [2.45, 2.75) is 25.0 Å². The molecule has 1 aliphatic rings. The molecule has 0 amide bonds. The topological polar surface area (TPSA) is 69.7 Å². The zero-order valence-electron chi connectivity index (χ0n) is 12.3. The van der Waals surface area contributed by atoms with Gasteiger partial charge in [0, 0.05) is 0 Å². The molecule has 116 valence electrons. The Morgan fingerprint density at radius 1 is 1.19 bits per heavy atom. The Labute approximate surface area is 125 Å². The molecule has 2 rings (SSSR count). The number of benzene rings is 1. The van der Waals surface area contributed by atoms with Crippen LogP contribution >= 0.6 is 0 Å². The molecule has 5 nitrogen and oxygen atoms in total. The molecule has 1 aromatic carbocycles. The van der Waals surface area contributed by atoms with E-state index in [2.05, 4.69) is 4.74 Å². The van der Waals surface area contributed by atoms with Crippen LogP contribution in [0.1, 0.15) is 24.8 Å². The summed E-state index contributed by atoms with van der Waals surface area (Å²) >= 11 is 0. The van der Waals surface area contributed by atoms with Crippen molar-refractivity contribution in [2.24, 2.45) is 5.41 Å². The minimum atomic E-state index is -3.25. The second kappa shape index (κ2) is 6.05. The summed E-state index contributed by atoms with van der Waals surface area (Å²) in [5, 5.41) is 0. The van der Waals surface area contributed by atoms with Crippen LogP contribution in [0.25, 0.3) is 0 Å². The summed E-state index contributed by atoms with van der Waals surface area (Å²) in [6, 6.07) is 6.98. The Bertz CT molecular complexity index is 599. The molecule has 6 heteroatoms. The maximum Gasteiger partial charge on any atom is 0.306 e. The van der Waals surface area contributed by atoms with Gasteiger partial charge in [0.2, 0.25) is 0 Å². The number of sulfone groups is 1. The van der Waals surface area contributed by atoms with Crippen LogP contribution in [0.3, 0.4) is 0 Å². The molecule has 0 atom stereocenters. The molecule has 0 heterocycles. The van der Waals surface area contributed by atoms with E-state index in [1.54, 1.807) is 31.4 Å². The number of methoxy groups -OCH3 is 2. The van der Waals surface area contributed by atoms with Crippen molar-refractivity contribution in [3.05, 3.63) is 29.8 Å². The summed E-state index contributed by atoms with van der Waals surface area (Å²) in [5.74, 6) is 0.383. The molecule has 0 bridgehead atoms. The summed E-state index contributed by atoms with van der Waals surface area (Å²) in [7, 11) is -0.363. The van der Waals surface area contributed by atoms with E-state index in [4.69, 9.17) is 4.74 Å². The van der Waals surface area contributed by atoms with Crippen LogP contribution in [-0.4, -0.2) is 34.4 Å². The van der Waals surface area contributed by atoms with E-state index in [1.165, 1.54) is 7.11 Å². The van der Waals surface area contributed by atoms with E-state index in [0.29, 0.717) is 5.75 Å². The van der Waals surface area contributed by atoms with E-state index in [-0.39, 0.29) is 23.9 Å². The Kier molecular flexibility index (Phi) is 4.56. The minimum absolute atomic E-state index is 0.0140. The molecule has 21 heavy (non-hydrogen) atoms. The average molecular weight is 312 g/mol. The standard InChI is InChI=1S/C15H20O5S/c1-19-13-5-3-12(4-6-13)10-21(17,18)11-15(7-8-15)9-14(16)20-2/h3-6H,7-11H2,1-2H3. The fourth-order valence-electron chi connectivity index (χ4n) is 2.42. The molecule has 1 aliphatic carbocycles. The van der Waals surface area contributed by atoms with Gasteiger partial charge in [0.15, 0.2) is 9.84 Å². The number of hydrogen-bond acceptors (Lipinski definition) is 5. The molecule has 1 aromatic rings. The van der Waals surface area contributed by atoms with Crippen molar-refractivity contribution >= 4 is 15.8 Å². The van der Waals surface area contributed by atoms with Crippen LogP contribution in [0.2, 0.25) is 0 Å². The van der Waals surface area contributed by atoms with Gasteiger partial charge in [0.05, 0.1) is 32.1 Å². The molecule has 0 aliphatic heterocycles. The highest BCUT2D eigenvalue weighted by Crippen LogP contribution is 2.50. The summed E-state index contributed by atoms with van der Waals surface area (Å²) in [6.07, 6.45) is 1.72. The minimum Gasteiger partial charge on any atom is -0.497 e. The van der Waals surface area contributed by atoms with Gasteiger partial charge in [-0.2, -0.15) is 0 Å². The zero-order valence-corrected chi connectivity index (χ0v) is 13.1. The molecule has 0 radical (unpaired) electrons. The van der Waals surface area contributed by atoms with Gasteiger partial charge >= 0.3 is 5.97 Å². The smallest absolute Gasteiger partial charge is 0.306 e. The Morgan fingerprint density at radius 3 is 2.29 bits per heavy atom. The van der Waals surface area contributed by atoms with Gasteiger partial charge in [-0.05, 0) is 36.0 Å². The van der Waals surface area contributed by atoms with Crippen molar-refractivity contribution in [1.29, 1.82) is 0 Å². The highest BCUT2D eigenvalue weighted by molar-refractivity contribution is 7.90. The quantitative estimate of drug-likeness (QED) is 0.720. The van der Waals surface area contributed by atoms with Gasteiger partial charge in [0.25, 0.3) is 0 Å². The number of rotatable bonds is 7. The fourth-order valence-corrected chi connectivity index (χ4v) is 4.55. The zero-order chi connectivity index (χ0) is 15.5. The number of hydrogen-bond donors (Lipinski definition) is 0. The molecule has 1 saturated carbocycles. The van der Waals surface area contributed by atoms with Gasteiger partial charge < -0.3 is 9.47 Å². The number of carbonyl (C=O) groups excluding carboxylic acids is 1. The van der Waals surface area contributed by atoms with Gasteiger partial charge in [-0.3, -0.25) is 4.79 Å². The van der Waals surface area contributed by atoms with Crippen molar-refractivity contribution in [2.75, 3.05) is 20.0 Å². The third-order valence-electron chi connectivity index (χ3n) is 3.78. The van der Waals surface area contributed by atoms with Crippen molar-refractivity contribution in [3.63, 3.8) is 0 Å². The third-order valence-corrected chi connectivity index (χ3v) is 5.60. The fraction of sp³-hybridized carbons (Fsp3) is 0.533. The van der Waals surface area contributed by atoms with E-state index >= 15 is 0 Å². The first kappa shape index (κ1) is 15.8. The summed E-state index contributed by atoms with van der Waals surface area (Å²) in [4.78, 5) is 11.4. The maximum absolute atomic E-state index is 12.3. The lowest BCUT2D eigenvalue weighted by Crippen LogP contribution is -2.22. The number of ether oxygens (including phenoxy) is 2. The second-order valence-electron chi connectivity index (χ2n) is 5.63. The van der Waals surface area contributed by atoms with Crippen LogP contribution in [0.5, 0.6) is 5.75 Å². The Morgan fingerprint density at radius 2 is 1.81 bits per heavy atom. The first-order valence-corrected chi connectivity index (χ1v) is 8.60. The van der Waals surface area contributed by atoms with Crippen molar-refractivity contribution in [1.82, 2.24) is 0 Å². The van der Waals surface area contributed by atoms with E-state index in [1.807, 2.05) is 0 Å². The van der Waals surface area contributed by atoms with E-state index < -0.39 is 15.3 Å². The normalized spacial score (nSPS) is 16.3. The van der Waals surface area contributed by atoms with Gasteiger partial charge in [-0.25, -0.2) is 8.42 Å². The molecular weight excluding hydrogens is 292 g/mol. The lowest BCUT2D eigenvalue weighted by atomic mass is 10.1. The van der Waals surface area contributed by atoms with Crippen LogP contribution in [0, 0.1) is 5.41 Å². The average Bonchev–Trinajstić information content (AvgIpc) is 3.17. The number of esters is 1. The van der Waals surface area contributed by atoms with Gasteiger partial charge in [-0.15, -0.1) is 0 Å². The van der Waals surface area contributed by atoms with E-state index in [0.717, 1.165) is 18.4 Å². The van der Waals surface area contributed by atoms with Crippen LogP contribution in [0.15, 0.2) is 24.3 Å². The molecule has 1 fully saturated rings. The number of carbonyl (C=O) groups is 1. The van der Waals surface area contributed by atoms with Gasteiger partial charge in [0.1, 0.15) is 5.75 Å². The third kappa shape index (κ3) is 4.46. The molecule has 0 unspecified atom stereocenters. The predicted octanol–water partition coefficient (Wildman–Crippen LogP) is 1.95. The van der Waals surface area contributed by atoms with Crippen molar-refractivity contribution < 1.29 is 22.7 Å². The monoisotopic (exact) mass is 312 g/mol. The van der Waals surface area contributed by atoms with E-state index in [9.17, 15) is 13.2 Å². The SMILES string of the molecule is COC(=O)CC1(CS(=O)(=O)Cc2ccc(OC)cc2)CC1. The Balaban J connectivity index is 2.00. The Hall–Kier alpha value is -1.56. The maximum atomic E-state index is 12.3. The molecular formula is C15H20O5S. The second-order valence-corrected chi connectivity index (χ2v) is 7.70. The van der Waals surface area contributed by atoms with Crippen LogP contribution < -0.4 is 4.74 Å². The first-order valence-electron chi connectivity index (χ1n) is 6.78. The lowest BCUT2D eigenvalue weighted by Gasteiger charge is -2.14. The molecule has 0 aromatic heterocycles. The lowest BCUT2D eigenvalue weighted by molar-refractivity contribution is -0.141. The van der Waals surface area contributed by atoms with Crippen molar-refractivity contribution in [3.8, 4) is 5.75 Å². The molecule has 0 saturated heterocycles. The summed E-state index contributed by atoms with van der Waals surface area (Å²) in [6.45, 7) is 0. The van der Waals surface area contributed by atoms with Gasteiger partial charge in [-0.1, -0.05) is 12.1 Å².